The van der Waals surface area contributed by atoms with E-state index in [1.165, 1.54) is 39.0 Å². The summed E-state index contributed by atoms with van der Waals surface area (Å²) in [7, 11) is 0. The molecule has 1 saturated carbocycles. The van der Waals surface area contributed by atoms with Crippen LogP contribution in [0.5, 0.6) is 0 Å². The first-order valence-corrected chi connectivity index (χ1v) is 5.52. The normalized spacial score (nSPS) is 28.8. The Morgan fingerprint density at radius 2 is 1.62 bits per heavy atom. The van der Waals surface area contributed by atoms with Gasteiger partial charge in [0.1, 0.15) is 0 Å². The highest BCUT2D eigenvalue weighted by molar-refractivity contribution is 5.11. The Morgan fingerprint density at radius 1 is 1.08 bits per heavy atom. The molecule has 0 atom stereocenters. The molecular weight excluding hydrogens is 160 g/mol. The highest BCUT2D eigenvalue weighted by Crippen LogP contribution is 2.54. The minimum absolute atomic E-state index is 0.463. The van der Waals surface area contributed by atoms with Gasteiger partial charge in [0.05, 0.1) is 0 Å². The van der Waals surface area contributed by atoms with Crippen LogP contribution >= 0.6 is 0 Å². The second-order valence-electron chi connectivity index (χ2n) is 5.52. The van der Waals surface area contributed by atoms with Crippen LogP contribution < -0.4 is 5.32 Å². The number of nitrogens with one attached hydrogen (secondary N) is 1. The van der Waals surface area contributed by atoms with Crippen molar-refractivity contribution in [2.75, 3.05) is 26.2 Å². The van der Waals surface area contributed by atoms with Gasteiger partial charge in [-0.1, -0.05) is 20.8 Å². The summed E-state index contributed by atoms with van der Waals surface area (Å²) in [6.07, 6.45) is 2.83. The van der Waals surface area contributed by atoms with E-state index < -0.39 is 0 Å². The number of nitrogens with zero attached hydrogens (tertiary/aromatic N) is 1. The average molecular weight is 182 g/mol. The van der Waals surface area contributed by atoms with Crippen molar-refractivity contribution in [2.45, 2.75) is 39.2 Å². The molecule has 76 valence electrons. The van der Waals surface area contributed by atoms with Crippen LogP contribution in [0, 0.1) is 5.41 Å². The standard InChI is InChI=1S/C11H22N2/c1-10(2,3)11(4-5-11)13-8-6-12-7-9-13/h12H,4-9H2,1-3H3. The molecule has 2 rings (SSSR count). The Labute approximate surface area is 81.7 Å². The van der Waals surface area contributed by atoms with Crippen molar-refractivity contribution >= 4 is 0 Å². The van der Waals surface area contributed by atoms with E-state index in [-0.39, 0.29) is 0 Å². The minimum atomic E-state index is 0.463. The molecule has 0 aromatic rings. The van der Waals surface area contributed by atoms with Crippen LogP contribution in [0.15, 0.2) is 0 Å². The van der Waals surface area contributed by atoms with E-state index >= 15 is 0 Å². The lowest BCUT2D eigenvalue weighted by Gasteiger charge is -2.43. The smallest absolute Gasteiger partial charge is 0.0260 e. The van der Waals surface area contributed by atoms with Gasteiger partial charge >= 0.3 is 0 Å². The van der Waals surface area contributed by atoms with Crippen LogP contribution in [0.3, 0.4) is 0 Å². The van der Waals surface area contributed by atoms with Gasteiger partial charge in [0.25, 0.3) is 0 Å². The molecule has 2 heteroatoms. The van der Waals surface area contributed by atoms with E-state index in [9.17, 15) is 0 Å². The largest absolute Gasteiger partial charge is 0.314 e. The predicted octanol–water partition coefficient (Wildman–Crippen LogP) is 1.47. The summed E-state index contributed by atoms with van der Waals surface area (Å²) in [5.41, 5.74) is 1.01. The maximum atomic E-state index is 3.42. The van der Waals surface area contributed by atoms with E-state index in [2.05, 4.69) is 31.0 Å². The monoisotopic (exact) mass is 182 g/mol. The van der Waals surface area contributed by atoms with Crippen molar-refractivity contribution in [1.29, 1.82) is 0 Å². The third kappa shape index (κ3) is 1.50. The topological polar surface area (TPSA) is 15.3 Å². The number of piperazine rings is 1. The van der Waals surface area contributed by atoms with Crippen LogP contribution in [-0.2, 0) is 0 Å². The number of hydrogen-bond donors (Lipinski definition) is 1. The SMILES string of the molecule is CC(C)(C)C1(N2CCNCC2)CC1. The van der Waals surface area contributed by atoms with Crippen LogP contribution in [0.1, 0.15) is 33.6 Å². The summed E-state index contributed by atoms with van der Waals surface area (Å²) in [4.78, 5) is 2.71. The lowest BCUT2D eigenvalue weighted by atomic mass is 9.82. The van der Waals surface area contributed by atoms with Gasteiger partial charge in [-0.3, -0.25) is 4.90 Å². The van der Waals surface area contributed by atoms with Gasteiger partial charge in [-0.15, -0.1) is 0 Å². The highest BCUT2D eigenvalue weighted by Gasteiger charge is 2.55. The molecule has 1 aliphatic carbocycles. The molecule has 0 spiro atoms. The summed E-state index contributed by atoms with van der Waals surface area (Å²) in [5.74, 6) is 0. The maximum absolute atomic E-state index is 3.42. The van der Waals surface area contributed by atoms with E-state index in [0.29, 0.717) is 11.0 Å². The molecule has 0 aromatic carbocycles. The zero-order chi connectivity index (χ0) is 9.53. The second kappa shape index (κ2) is 2.96. The van der Waals surface area contributed by atoms with Gasteiger partial charge in [0.15, 0.2) is 0 Å². The van der Waals surface area contributed by atoms with Crippen molar-refractivity contribution in [3.63, 3.8) is 0 Å². The first kappa shape index (κ1) is 9.47. The Morgan fingerprint density at radius 3 is 2.00 bits per heavy atom. The van der Waals surface area contributed by atoms with Crippen molar-refractivity contribution in [3.8, 4) is 0 Å². The Bertz CT molecular complexity index is 183. The fourth-order valence-corrected chi connectivity index (χ4v) is 2.75. The molecule has 1 saturated heterocycles. The summed E-state index contributed by atoms with van der Waals surface area (Å²) in [6.45, 7) is 12.0. The molecule has 0 bridgehead atoms. The summed E-state index contributed by atoms with van der Waals surface area (Å²) in [6, 6.07) is 0. The molecule has 1 heterocycles. The summed E-state index contributed by atoms with van der Waals surface area (Å²) < 4.78 is 0. The van der Waals surface area contributed by atoms with Crippen molar-refractivity contribution in [1.82, 2.24) is 10.2 Å². The molecule has 13 heavy (non-hydrogen) atoms. The maximum Gasteiger partial charge on any atom is 0.0260 e. The number of hydrogen-bond acceptors (Lipinski definition) is 2. The van der Waals surface area contributed by atoms with Gasteiger partial charge in [0, 0.05) is 31.7 Å². The molecule has 2 nitrogen and oxygen atoms in total. The summed E-state index contributed by atoms with van der Waals surface area (Å²) >= 11 is 0. The minimum Gasteiger partial charge on any atom is -0.314 e. The second-order valence-corrected chi connectivity index (χ2v) is 5.52. The van der Waals surface area contributed by atoms with E-state index in [4.69, 9.17) is 0 Å². The van der Waals surface area contributed by atoms with Crippen LogP contribution in [-0.4, -0.2) is 36.6 Å². The predicted molar refractivity (Wildman–Crippen MR) is 55.9 cm³/mol. The lowest BCUT2D eigenvalue weighted by Crippen LogP contribution is -2.54. The molecule has 1 aliphatic heterocycles. The zero-order valence-corrected chi connectivity index (χ0v) is 9.19. The third-order valence-corrected chi connectivity index (χ3v) is 3.84. The third-order valence-electron chi connectivity index (χ3n) is 3.84. The highest BCUT2D eigenvalue weighted by atomic mass is 15.3. The number of rotatable bonds is 1. The first-order valence-electron chi connectivity index (χ1n) is 5.52. The zero-order valence-electron chi connectivity index (χ0n) is 9.19. The van der Waals surface area contributed by atoms with Crippen molar-refractivity contribution < 1.29 is 0 Å². The fourth-order valence-electron chi connectivity index (χ4n) is 2.75. The Kier molecular flexibility index (Phi) is 2.16. The van der Waals surface area contributed by atoms with Crippen LogP contribution in [0.4, 0.5) is 0 Å². The molecule has 0 radical (unpaired) electrons. The molecule has 0 aromatic heterocycles. The first-order chi connectivity index (χ1) is 6.06. The summed E-state index contributed by atoms with van der Waals surface area (Å²) in [5, 5.41) is 3.42. The van der Waals surface area contributed by atoms with E-state index in [1.54, 1.807) is 0 Å². The van der Waals surface area contributed by atoms with Crippen molar-refractivity contribution in [2.24, 2.45) is 5.41 Å². The molecule has 2 aliphatic rings. The van der Waals surface area contributed by atoms with Gasteiger partial charge < -0.3 is 5.32 Å². The molecule has 0 amide bonds. The molecule has 0 unspecified atom stereocenters. The van der Waals surface area contributed by atoms with Gasteiger partial charge in [0.2, 0.25) is 0 Å². The van der Waals surface area contributed by atoms with Crippen molar-refractivity contribution in [3.05, 3.63) is 0 Å². The lowest BCUT2D eigenvalue weighted by molar-refractivity contribution is 0.0656. The molecular formula is C11H22N2. The van der Waals surface area contributed by atoms with Gasteiger partial charge in [-0.25, -0.2) is 0 Å². The van der Waals surface area contributed by atoms with E-state index in [0.717, 1.165) is 0 Å². The molecule has 2 fully saturated rings. The molecule has 1 N–H and O–H groups in total. The van der Waals surface area contributed by atoms with Crippen LogP contribution in [0.25, 0.3) is 0 Å². The fraction of sp³-hybridized carbons (Fsp3) is 1.00. The Balaban J connectivity index is 2.06. The van der Waals surface area contributed by atoms with Gasteiger partial charge in [-0.05, 0) is 18.3 Å². The average Bonchev–Trinajstić information content (AvgIpc) is 2.84. The van der Waals surface area contributed by atoms with Gasteiger partial charge in [-0.2, -0.15) is 0 Å². The van der Waals surface area contributed by atoms with E-state index in [1.807, 2.05) is 0 Å². The quantitative estimate of drug-likeness (QED) is 0.660. The Hall–Kier alpha value is -0.0800. The van der Waals surface area contributed by atoms with Crippen LogP contribution in [0.2, 0.25) is 0 Å².